The van der Waals surface area contributed by atoms with Crippen LogP contribution in [0.15, 0.2) is 45.4 Å². The van der Waals surface area contributed by atoms with Crippen molar-refractivity contribution in [2.24, 2.45) is 0 Å². The van der Waals surface area contributed by atoms with Gasteiger partial charge in [0.15, 0.2) is 17.3 Å². The smallest absolute Gasteiger partial charge is 0.343 e. The number of carbonyl (C=O) groups is 1. The third-order valence-electron chi connectivity index (χ3n) is 3.53. The van der Waals surface area contributed by atoms with E-state index in [-0.39, 0.29) is 5.75 Å². The molecule has 0 saturated carbocycles. The number of hydrogen-bond donors (Lipinski definition) is 0. The molecule has 0 spiro atoms. The van der Waals surface area contributed by atoms with Gasteiger partial charge in [-0.25, -0.2) is 4.79 Å². The Hall–Kier alpha value is -3.18. The van der Waals surface area contributed by atoms with E-state index in [4.69, 9.17) is 19.3 Å². The minimum atomic E-state index is -0.561. The fourth-order valence-electron chi connectivity index (χ4n) is 2.31. The van der Waals surface area contributed by atoms with Gasteiger partial charge in [0.1, 0.15) is 0 Å². The summed E-state index contributed by atoms with van der Waals surface area (Å²) in [6.07, 6.45) is 0. The van der Waals surface area contributed by atoms with E-state index in [9.17, 15) is 4.79 Å². The van der Waals surface area contributed by atoms with E-state index in [0.717, 1.165) is 0 Å². The lowest BCUT2D eigenvalue weighted by Crippen LogP contribution is -2.10. The fourth-order valence-corrected chi connectivity index (χ4v) is 2.83. The van der Waals surface area contributed by atoms with Gasteiger partial charge in [-0.3, -0.25) is 0 Å². The second kappa shape index (κ2) is 8.01. The van der Waals surface area contributed by atoms with Gasteiger partial charge >= 0.3 is 5.97 Å². The number of ether oxygens (including phenoxy) is 2. The SMILES string of the molecule is CCOc1cc(C#N)cc(Br)c1OC(=O)c1ccc(-c2nc(C)no2)cc1. The average molecular weight is 428 g/mol. The molecule has 0 radical (unpaired) electrons. The van der Waals surface area contributed by atoms with Gasteiger partial charge in [-0.2, -0.15) is 10.2 Å². The maximum Gasteiger partial charge on any atom is 0.343 e. The van der Waals surface area contributed by atoms with Crippen LogP contribution in [-0.4, -0.2) is 22.7 Å². The van der Waals surface area contributed by atoms with Crippen molar-refractivity contribution in [1.29, 1.82) is 5.26 Å². The van der Waals surface area contributed by atoms with E-state index in [1.807, 2.05) is 6.07 Å². The predicted molar refractivity (Wildman–Crippen MR) is 99.5 cm³/mol. The maximum absolute atomic E-state index is 12.5. The van der Waals surface area contributed by atoms with E-state index in [1.54, 1.807) is 44.2 Å². The molecule has 0 amide bonds. The van der Waals surface area contributed by atoms with Crippen molar-refractivity contribution in [3.8, 4) is 29.0 Å². The van der Waals surface area contributed by atoms with Gasteiger partial charge in [0.05, 0.1) is 28.3 Å². The van der Waals surface area contributed by atoms with Gasteiger partial charge in [-0.15, -0.1) is 0 Å². The Bertz CT molecular complexity index is 1020. The topological polar surface area (TPSA) is 98.2 Å². The highest BCUT2D eigenvalue weighted by atomic mass is 79.9. The van der Waals surface area contributed by atoms with Crippen molar-refractivity contribution < 1.29 is 18.8 Å². The van der Waals surface area contributed by atoms with Gasteiger partial charge < -0.3 is 14.0 Å². The summed E-state index contributed by atoms with van der Waals surface area (Å²) in [5, 5.41) is 12.8. The molecule has 0 fully saturated rings. The Morgan fingerprint density at radius 1 is 1.30 bits per heavy atom. The Kier molecular flexibility index (Phi) is 5.52. The lowest BCUT2D eigenvalue weighted by Gasteiger charge is -2.13. The summed E-state index contributed by atoms with van der Waals surface area (Å²) in [7, 11) is 0. The summed E-state index contributed by atoms with van der Waals surface area (Å²) < 4.78 is 16.5. The standard InChI is InChI=1S/C19H14BrN3O4/c1-3-25-16-9-12(10-21)8-15(20)17(16)26-19(24)14-6-4-13(5-7-14)18-22-11(2)23-27-18/h4-9H,3H2,1-2H3. The number of nitriles is 1. The second-order valence-electron chi connectivity index (χ2n) is 5.44. The molecule has 0 aliphatic heterocycles. The fraction of sp³-hybridized carbons (Fsp3) is 0.158. The first-order valence-electron chi connectivity index (χ1n) is 8.01. The van der Waals surface area contributed by atoms with Crippen LogP contribution in [0, 0.1) is 18.3 Å². The molecular formula is C19H14BrN3O4. The number of aryl methyl sites for hydroxylation is 1. The molecule has 1 aromatic heterocycles. The normalized spacial score (nSPS) is 10.3. The largest absolute Gasteiger partial charge is 0.490 e. The molecule has 8 heteroatoms. The summed E-state index contributed by atoms with van der Waals surface area (Å²) in [6.45, 7) is 3.89. The van der Waals surface area contributed by atoms with Gasteiger partial charge in [-0.1, -0.05) is 5.16 Å². The van der Waals surface area contributed by atoms with E-state index in [2.05, 4.69) is 26.1 Å². The molecule has 3 rings (SSSR count). The van der Waals surface area contributed by atoms with Crippen LogP contribution in [-0.2, 0) is 0 Å². The van der Waals surface area contributed by atoms with Crippen LogP contribution in [0.3, 0.4) is 0 Å². The Morgan fingerprint density at radius 3 is 2.63 bits per heavy atom. The summed E-state index contributed by atoms with van der Waals surface area (Å²) in [5.41, 5.74) is 1.43. The van der Waals surface area contributed by atoms with Gasteiger partial charge in [0.25, 0.3) is 5.89 Å². The minimum Gasteiger partial charge on any atom is -0.490 e. The number of carbonyl (C=O) groups excluding carboxylic acids is 1. The summed E-state index contributed by atoms with van der Waals surface area (Å²) in [4.78, 5) is 16.7. The highest BCUT2D eigenvalue weighted by Gasteiger charge is 2.18. The molecule has 0 aliphatic carbocycles. The predicted octanol–water partition coefficient (Wildman–Crippen LogP) is 4.30. The molecule has 0 atom stereocenters. The number of rotatable bonds is 5. The monoisotopic (exact) mass is 427 g/mol. The van der Waals surface area contributed by atoms with E-state index in [1.165, 1.54) is 6.07 Å². The summed E-state index contributed by atoms with van der Waals surface area (Å²) in [6, 6.07) is 11.7. The molecule has 136 valence electrons. The van der Waals surface area contributed by atoms with Crippen LogP contribution in [0.2, 0.25) is 0 Å². The molecule has 2 aromatic carbocycles. The third kappa shape index (κ3) is 4.15. The lowest BCUT2D eigenvalue weighted by molar-refractivity contribution is 0.0727. The Labute approximate surface area is 163 Å². The number of esters is 1. The molecule has 27 heavy (non-hydrogen) atoms. The van der Waals surface area contributed by atoms with Crippen molar-refractivity contribution in [2.45, 2.75) is 13.8 Å². The third-order valence-corrected chi connectivity index (χ3v) is 4.12. The lowest BCUT2D eigenvalue weighted by atomic mass is 10.1. The highest BCUT2D eigenvalue weighted by Crippen LogP contribution is 2.37. The van der Waals surface area contributed by atoms with Gasteiger partial charge in [-0.05, 0) is 60.1 Å². The molecule has 0 N–H and O–H groups in total. The van der Waals surface area contributed by atoms with Crippen molar-refractivity contribution in [3.63, 3.8) is 0 Å². The maximum atomic E-state index is 12.5. The zero-order chi connectivity index (χ0) is 19.4. The molecule has 1 heterocycles. The molecule has 0 unspecified atom stereocenters. The highest BCUT2D eigenvalue weighted by molar-refractivity contribution is 9.10. The first kappa shape index (κ1) is 18.6. The van der Waals surface area contributed by atoms with Crippen LogP contribution in [0.5, 0.6) is 11.5 Å². The first-order valence-corrected chi connectivity index (χ1v) is 8.80. The van der Waals surface area contributed by atoms with Crippen LogP contribution in [0.4, 0.5) is 0 Å². The van der Waals surface area contributed by atoms with Crippen LogP contribution >= 0.6 is 15.9 Å². The van der Waals surface area contributed by atoms with Crippen LogP contribution in [0.25, 0.3) is 11.5 Å². The van der Waals surface area contributed by atoms with Crippen molar-refractivity contribution in [2.75, 3.05) is 6.61 Å². The molecule has 3 aromatic rings. The van der Waals surface area contributed by atoms with Gasteiger partial charge in [0, 0.05) is 11.6 Å². The van der Waals surface area contributed by atoms with Crippen molar-refractivity contribution >= 4 is 21.9 Å². The molecule has 0 bridgehead atoms. The zero-order valence-electron chi connectivity index (χ0n) is 14.5. The number of halogens is 1. The Balaban J connectivity index is 1.84. The Morgan fingerprint density at radius 2 is 2.04 bits per heavy atom. The number of nitrogens with zero attached hydrogens (tertiary/aromatic N) is 3. The minimum absolute atomic E-state index is 0.220. The van der Waals surface area contributed by atoms with Crippen LogP contribution in [0.1, 0.15) is 28.7 Å². The van der Waals surface area contributed by atoms with Crippen molar-refractivity contribution in [1.82, 2.24) is 10.1 Å². The van der Waals surface area contributed by atoms with Crippen molar-refractivity contribution in [3.05, 3.63) is 57.8 Å². The van der Waals surface area contributed by atoms with E-state index < -0.39 is 5.97 Å². The summed E-state index contributed by atoms with van der Waals surface area (Å²) >= 11 is 3.32. The summed E-state index contributed by atoms with van der Waals surface area (Å²) in [5.74, 6) is 0.880. The molecular weight excluding hydrogens is 414 g/mol. The number of aromatic nitrogens is 2. The first-order chi connectivity index (χ1) is 13.0. The van der Waals surface area contributed by atoms with Crippen LogP contribution < -0.4 is 9.47 Å². The second-order valence-corrected chi connectivity index (χ2v) is 6.30. The zero-order valence-corrected chi connectivity index (χ0v) is 16.1. The van der Waals surface area contributed by atoms with E-state index in [0.29, 0.717) is 45.2 Å². The average Bonchev–Trinajstić information content (AvgIpc) is 3.10. The molecule has 0 saturated heterocycles. The number of benzene rings is 2. The van der Waals surface area contributed by atoms with E-state index >= 15 is 0 Å². The molecule has 0 aliphatic rings. The molecule has 7 nitrogen and oxygen atoms in total. The quantitative estimate of drug-likeness (QED) is 0.442. The number of hydrogen-bond acceptors (Lipinski definition) is 7. The van der Waals surface area contributed by atoms with Gasteiger partial charge in [0.2, 0.25) is 0 Å².